The van der Waals surface area contributed by atoms with E-state index in [0.29, 0.717) is 0 Å². The van der Waals surface area contributed by atoms with Crippen molar-refractivity contribution in [2.45, 2.75) is 65.5 Å². The molecule has 218 valence electrons. The molecule has 24 heteroatoms. The Morgan fingerprint density at radius 2 is 0.444 bits per heavy atom. The van der Waals surface area contributed by atoms with Crippen LogP contribution in [0.15, 0.2) is 0 Å². The van der Waals surface area contributed by atoms with Crippen LogP contribution in [0.3, 0.4) is 0 Å². The molecule has 36 heavy (non-hydrogen) atoms. The Morgan fingerprint density at radius 3 is 0.611 bits per heavy atom. The van der Waals surface area contributed by atoms with Gasteiger partial charge in [-0.2, -0.15) is 101 Å². The SMILES string of the molecule is CNC(F)(F)C(F)(F)C(F)(F)C(F)(F)C(F)(F)C(F)(F)C(F)(F)C(F)(F)C(F)(F)C(F)(F)C(F)(F)F. The van der Waals surface area contributed by atoms with Gasteiger partial charge < -0.3 is 0 Å². The third-order valence-corrected chi connectivity index (χ3v) is 4.22. The van der Waals surface area contributed by atoms with E-state index in [1.165, 1.54) is 0 Å². The molecule has 0 atom stereocenters. The first-order valence-corrected chi connectivity index (χ1v) is 7.60. The maximum atomic E-state index is 13.4. The quantitative estimate of drug-likeness (QED) is 0.209. The molecule has 0 aliphatic rings. The Morgan fingerprint density at radius 1 is 0.278 bits per heavy atom. The van der Waals surface area contributed by atoms with Crippen LogP contribution in [0.4, 0.5) is 101 Å². The first kappa shape index (κ1) is 34.4. The highest BCUT2D eigenvalue weighted by Crippen LogP contribution is 2.66. The smallest absolute Gasteiger partial charge is 0.256 e. The van der Waals surface area contributed by atoms with E-state index in [0.717, 1.165) is 0 Å². The van der Waals surface area contributed by atoms with Crippen LogP contribution in [-0.2, 0) is 0 Å². The van der Waals surface area contributed by atoms with Gasteiger partial charge in [-0.15, -0.1) is 0 Å². The Balaban J connectivity index is 7.18. The molecule has 0 amide bonds. The molecule has 0 aliphatic heterocycles. The molecule has 0 bridgehead atoms. The summed E-state index contributed by atoms with van der Waals surface area (Å²) in [4.78, 5) is 0. The Labute approximate surface area is 180 Å². The van der Waals surface area contributed by atoms with E-state index < -0.39 is 72.6 Å². The van der Waals surface area contributed by atoms with Crippen LogP contribution in [0.2, 0.25) is 0 Å². The monoisotopic (exact) mass is 599 g/mol. The van der Waals surface area contributed by atoms with Crippen LogP contribution in [0, 0.1) is 0 Å². The van der Waals surface area contributed by atoms with Crippen molar-refractivity contribution in [1.29, 1.82) is 0 Å². The Bertz CT molecular complexity index is 802. The van der Waals surface area contributed by atoms with Crippen molar-refractivity contribution in [1.82, 2.24) is 5.32 Å². The van der Waals surface area contributed by atoms with Crippen molar-refractivity contribution in [3.63, 3.8) is 0 Å². The molecule has 0 saturated carbocycles. The third kappa shape index (κ3) is 3.81. The van der Waals surface area contributed by atoms with E-state index in [1.807, 2.05) is 0 Å². The lowest BCUT2D eigenvalue weighted by atomic mass is 9.86. The van der Waals surface area contributed by atoms with Crippen molar-refractivity contribution in [3.05, 3.63) is 0 Å². The minimum Gasteiger partial charge on any atom is -0.256 e. The minimum atomic E-state index is -9.37. The van der Waals surface area contributed by atoms with E-state index in [4.69, 9.17) is 0 Å². The number of hydrogen-bond donors (Lipinski definition) is 1. The summed E-state index contributed by atoms with van der Waals surface area (Å²) in [6.07, 6.45) is -8.08. The van der Waals surface area contributed by atoms with Gasteiger partial charge in [0.05, 0.1) is 0 Å². The normalized spacial score (nSPS) is 17.0. The molecular weight excluding hydrogens is 595 g/mol. The lowest BCUT2D eigenvalue weighted by Crippen LogP contribution is -2.78. The maximum absolute atomic E-state index is 13.4. The zero-order chi connectivity index (χ0) is 30.2. The fourth-order valence-corrected chi connectivity index (χ4v) is 1.91. The molecule has 0 aromatic rings. The van der Waals surface area contributed by atoms with Crippen LogP contribution in [0.25, 0.3) is 0 Å². The van der Waals surface area contributed by atoms with Gasteiger partial charge in [0.25, 0.3) is 0 Å². The van der Waals surface area contributed by atoms with Gasteiger partial charge in [-0.3, -0.25) is 5.32 Å². The predicted molar refractivity (Wildman–Crippen MR) is 64.6 cm³/mol. The molecular formula is C12H4F23N. The van der Waals surface area contributed by atoms with Gasteiger partial charge in [-0.25, -0.2) is 0 Å². The highest BCUT2D eigenvalue weighted by molar-refractivity contribution is 5.18. The maximum Gasteiger partial charge on any atom is 0.460 e. The molecule has 1 nitrogen and oxygen atoms in total. The van der Waals surface area contributed by atoms with Gasteiger partial charge in [-0.1, -0.05) is 0 Å². The molecule has 0 radical (unpaired) electrons. The molecule has 0 fully saturated rings. The molecule has 0 unspecified atom stereocenters. The van der Waals surface area contributed by atoms with Crippen LogP contribution in [0.1, 0.15) is 0 Å². The minimum absolute atomic E-state index is 0.231. The van der Waals surface area contributed by atoms with Crippen molar-refractivity contribution >= 4 is 0 Å². The summed E-state index contributed by atoms with van der Waals surface area (Å²) in [6.45, 7) is 0. The number of halogens is 23. The summed E-state index contributed by atoms with van der Waals surface area (Å²) in [5.41, 5.74) is 0. The van der Waals surface area contributed by atoms with Crippen LogP contribution in [-0.4, -0.2) is 72.6 Å². The van der Waals surface area contributed by atoms with Crippen LogP contribution < -0.4 is 5.32 Å². The highest BCUT2D eigenvalue weighted by atomic mass is 19.4. The number of alkyl halides is 23. The third-order valence-electron chi connectivity index (χ3n) is 4.22. The largest absolute Gasteiger partial charge is 0.460 e. The first-order chi connectivity index (χ1) is 15.1. The number of rotatable bonds is 10. The summed E-state index contributed by atoms with van der Waals surface area (Å²) in [5, 5.41) is -0.231. The zero-order valence-electron chi connectivity index (χ0n) is 15.7. The fraction of sp³-hybridized carbons (Fsp3) is 1.00. The first-order valence-electron chi connectivity index (χ1n) is 7.60. The van der Waals surface area contributed by atoms with E-state index in [9.17, 15) is 101 Å². The number of hydrogen-bond acceptors (Lipinski definition) is 1. The summed E-state index contributed by atoms with van der Waals surface area (Å²) in [6, 6.07) is -6.82. The molecule has 0 saturated heterocycles. The Hall–Kier alpha value is -1.65. The molecule has 0 aromatic carbocycles. The molecule has 0 rings (SSSR count). The van der Waals surface area contributed by atoms with E-state index in [-0.39, 0.29) is 5.32 Å². The van der Waals surface area contributed by atoms with Gasteiger partial charge in [0, 0.05) is 0 Å². The predicted octanol–water partition coefficient (Wildman–Crippen LogP) is 7.08. The van der Waals surface area contributed by atoms with E-state index in [2.05, 4.69) is 0 Å². The summed E-state index contributed by atoms with van der Waals surface area (Å²) in [5.74, 6) is -80.5. The lowest BCUT2D eigenvalue weighted by molar-refractivity contribution is -0.479. The van der Waals surface area contributed by atoms with Gasteiger partial charge in [-0.05, 0) is 7.05 Å². The second-order valence-electron chi connectivity index (χ2n) is 6.49. The fourth-order valence-electron chi connectivity index (χ4n) is 1.91. The van der Waals surface area contributed by atoms with Gasteiger partial charge in [0.15, 0.2) is 0 Å². The summed E-state index contributed by atoms with van der Waals surface area (Å²) < 4.78 is 298. The van der Waals surface area contributed by atoms with Gasteiger partial charge in [0.1, 0.15) is 0 Å². The lowest BCUT2D eigenvalue weighted by Gasteiger charge is -2.45. The molecule has 0 heterocycles. The average molecular weight is 599 g/mol. The average Bonchev–Trinajstić information content (AvgIpc) is 2.65. The topological polar surface area (TPSA) is 12.0 Å². The highest BCUT2D eigenvalue weighted by Gasteiger charge is 2.98. The molecule has 0 aromatic heterocycles. The second-order valence-corrected chi connectivity index (χ2v) is 6.49. The zero-order valence-corrected chi connectivity index (χ0v) is 15.7. The van der Waals surface area contributed by atoms with Gasteiger partial charge in [0.2, 0.25) is 0 Å². The molecule has 1 N–H and O–H groups in total. The van der Waals surface area contributed by atoms with Crippen molar-refractivity contribution in [2.75, 3.05) is 7.05 Å². The Kier molecular flexibility index (Phi) is 7.80. The molecule has 0 spiro atoms. The van der Waals surface area contributed by atoms with Crippen molar-refractivity contribution in [3.8, 4) is 0 Å². The van der Waals surface area contributed by atoms with Crippen molar-refractivity contribution < 1.29 is 101 Å². The van der Waals surface area contributed by atoms with Gasteiger partial charge >= 0.3 is 65.5 Å². The standard InChI is InChI=1S/C12H4F23N/c1-36-12(34,35)10(29,30)8(25,26)6(21,22)4(17,18)2(13,14)3(15,16)5(19,20)7(23,24)9(27,28)11(31,32)33/h36H,1H3. The van der Waals surface area contributed by atoms with E-state index >= 15 is 0 Å². The van der Waals surface area contributed by atoms with Crippen LogP contribution in [0.5, 0.6) is 0 Å². The number of nitrogens with one attached hydrogen (secondary N) is 1. The summed E-state index contributed by atoms with van der Waals surface area (Å²) >= 11 is 0. The van der Waals surface area contributed by atoms with Crippen LogP contribution >= 0.6 is 0 Å². The van der Waals surface area contributed by atoms with E-state index in [1.54, 1.807) is 0 Å². The summed E-state index contributed by atoms with van der Waals surface area (Å²) in [7, 11) is -0.494. The van der Waals surface area contributed by atoms with Crippen molar-refractivity contribution in [2.24, 2.45) is 0 Å². The second kappa shape index (κ2) is 8.17. The molecule has 0 aliphatic carbocycles.